The van der Waals surface area contributed by atoms with E-state index in [0.717, 1.165) is 29.8 Å². The van der Waals surface area contributed by atoms with Gasteiger partial charge >= 0.3 is 0 Å². The molecule has 0 radical (unpaired) electrons. The van der Waals surface area contributed by atoms with Crippen LogP contribution in [0.1, 0.15) is 36.2 Å². The molecule has 1 rings (SSSR count). The summed E-state index contributed by atoms with van der Waals surface area (Å²) in [6, 6.07) is 5.81. The van der Waals surface area contributed by atoms with E-state index in [1.54, 1.807) is 0 Å². The molecule has 0 spiro atoms. The first-order valence-electron chi connectivity index (χ1n) is 6.89. The maximum atomic E-state index is 11.7. The first-order valence-corrected chi connectivity index (χ1v) is 8.05. The van der Waals surface area contributed by atoms with Gasteiger partial charge in [0, 0.05) is 24.3 Å². The predicted molar refractivity (Wildman–Crippen MR) is 85.3 cm³/mol. The molecule has 0 saturated heterocycles. The quantitative estimate of drug-likeness (QED) is 0.718. The van der Waals surface area contributed by atoms with Crippen molar-refractivity contribution in [3.8, 4) is 0 Å². The third-order valence-electron chi connectivity index (χ3n) is 2.81. The molecule has 0 aliphatic heterocycles. The number of carbonyl (C=O) groups excluding carboxylic acids is 1. The van der Waals surface area contributed by atoms with Crippen molar-refractivity contribution in [3.63, 3.8) is 0 Å². The highest BCUT2D eigenvalue weighted by Gasteiger charge is 2.06. The highest BCUT2D eigenvalue weighted by Crippen LogP contribution is 2.16. The maximum absolute atomic E-state index is 11.7. The fraction of sp³-hybridized carbons (Fsp3) is 0.533. The number of amides is 1. The Morgan fingerprint density at radius 3 is 2.74 bits per heavy atom. The number of anilines is 1. The second kappa shape index (κ2) is 8.86. The van der Waals surface area contributed by atoms with Gasteiger partial charge in [-0.3, -0.25) is 4.79 Å². The Kier molecular flexibility index (Phi) is 7.41. The summed E-state index contributed by atoms with van der Waals surface area (Å²) in [6.07, 6.45) is 1.16. The highest BCUT2D eigenvalue weighted by molar-refractivity contribution is 7.99. The highest BCUT2D eigenvalue weighted by atomic mass is 32.2. The molecule has 0 aromatic heterocycles. The van der Waals surface area contributed by atoms with E-state index < -0.39 is 0 Å². The van der Waals surface area contributed by atoms with Gasteiger partial charge in [-0.25, -0.2) is 0 Å². The van der Waals surface area contributed by atoms with Crippen LogP contribution in [0.15, 0.2) is 18.2 Å². The molecule has 1 aromatic carbocycles. The second-order valence-corrected chi connectivity index (χ2v) is 5.76. The number of thioether (sulfide) groups is 1. The first-order chi connectivity index (χ1) is 9.19. The predicted octanol–water partition coefficient (Wildman–Crippen LogP) is 3.30. The molecule has 0 heterocycles. The molecule has 1 aromatic rings. The van der Waals surface area contributed by atoms with Gasteiger partial charge < -0.3 is 10.6 Å². The summed E-state index contributed by atoms with van der Waals surface area (Å²) < 4.78 is 0. The number of hydrogen-bond donors (Lipinski definition) is 2. The van der Waals surface area contributed by atoms with E-state index in [0.29, 0.717) is 6.54 Å². The molecule has 1 amide bonds. The van der Waals surface area contributed by atoms with Crippen molar-refractivity contribution in [2.75, 3.05) is 29.9 Å². The van der Waals surface area contributed by atoms with Gasteiger partial charge in [0.25, 0.3) is 5.91 Å². The van der Waals surface area contributed by atoms with Crippen LogP contribution in [0.3, 0.4) is 0 Å². The minimum atomic E-state index is -0.00324. The van der Waals surface area contributed by atoms with Crippen LogP contribution in [0.2, 0.25) is 0 Å². The summed E-state index contributed by atoms with van der Waals surface area (Å²) in [5.41, 5.74) is 2.97. The standard InChI is InChI=1S/C15H24N2OS/c1-4-16-15(18)13-7-8-14(12(3)11-13)17-9-6-10-19-5-2/h7-8,11,17H,4-6,9-10H2,1-3H3,(H,16,18). The lowest BCUT2D eigenvalue weighted by Gasteiger charge is -2.11. The van der Waals surface area contributed by atoms with Crippen LogP contribution < -0.4 is 10.6 Å². The zero-order chi connectivity index (χ0) is 14.1. The molecule has 0 atom stereocenters. The molecule has 0 unspecified atom stereocenters. The minimum absolute atomic E-state index is 0.00324. The molecule has 2 N–H and O–H groups in total. The molecule has 0 saturated carbocycles. The Labute approximate surface area is 120 Å². The van der Waals surface area contributed by atoms with Gasteiger partial charge in [0.05, 0.1) is 0 Å². The Hall–Kier alpha value is -1.16. The first kappa shape index (κ1) is 15.9. The molecule has 0 aliphatic rings. The summed E-state index contributed by atoms with van der Waals surface area (Å²) in [7, 11) is 0. The summed E-state index contributed by atoms with van der Waals surface area (Å²) in [6.45, 7) is 7.78. The van der Waals surface area contributed by atoms with E-state index in [1.807, 2.05) is 43.8 Å². The Bertz CT molecular complexity index is 407. The van der Waals surface area contributed by atoms with Gasteiger partial charge in [-0.05, 0) is 55.5 Å². The average Bonchev–Trinajstić information content (AvgIpc) is 2.40. The summed E-state index contributed by atoms with van der Waals surface area (Å²) in [5.74, 6) is 2.37. The van der Waals surface area contributed by atoms with Gasteiger partial charge in [-0.15, -0.1) is 0 Å². The number of benzene rings is 1. The van der Waals surface area contributed by atoms with E-state index in [9.17, 15) is 4.79 Å². The molecule has 3 nitrogen and oxygen atoms in total. The number of hydrogen-bond acceptors (Lipinski definition) is 3. The average molecular weight is 280 g/mol. The van der Waals surface area contributed by atoms with Crippen molar-refractivity contribution in [2.24, 2.45) is 0 Å². The molecule has 4 heteroatoms. The van der Waals surface area contributed by atoms with Crippen LogP contribution in [0.25, 0.3) is 0 Å². The lowest BCUT2D eigenvalue weighted by molar-refractivity contribution is 0.0956. The third kappa shape index (κ3) is 5.55. The SMILES string of the molecule is CCNC(=O)c1ccc(NCCCSCC)c(C)c1. The van der Waals surface area contributed by atoms with Gasteiger partial charge in [-0.2, -0.15) is 11.8 Å². The summed E-state index contributed by atoms with van der Waals surface area (Å²) in [4.78, 5) is 11.7. The minimum Gasteiger partial charge on any atom is -0.385 e. The van der Waals surface area contributed by atoms with E-state index in [4.69, 9.17) is 0 Å². The van der Waals surface area contributed by atoms with Gasteiger partial charge in [0.15, 0.2) is 0 Å². The van der Waals surface area contributed by atoms with Crippen molar-refractivity contribution in [3.05, 3.63) is 29.3 Å². The second-order valence-electron chi connectivity index (χ2n) is 4.37. The smallest absolute Gasteiger partial charge is 0.251 e. The topological polar surface area (TPSA) is 41.1 Å². The van der Waals surface area contributed by atoms with E-state index in [2.05, 4.69) is 17.6 Å². The van der Waals surface area contributed by atoms with Crippen molar-refractivity contribution in [1.29, 1.82) is 0 Å². The van der Waals surface area contributed by atoms with Gasteiger partial charge in [0.2, 0.25) is 0 Å². The fourth-order valence-electron chi connectivity index (χ4n) is 1.81. The van der Waals surface area contributed by atoms with E-state index in [1.165, 1.54) is 11.5 Å². The molecule has 106 valence electrons. The lowest BCUT2D eigenvalue weighted by Crippen LogP contribution is -2.22. The third-order valence-corrected chi connectivity index (χ3v) is 3.80. The molecule has 19 heavy (non-hydrogen) atoms. The maximum Gasteiger partial charge on any atom is 0.251 e. The number of carbonyl (C=O) groups is 1. The van der Waals surface area contributed by atoms with Crippen molar-refractivity contribution in [2.45, 2.75) is 27.2 Å². The monoisotopic (exact) mass is 280 g/mol. The van der Waals surface area contributed by atoms with Crippen LogP contribution in [0.5, 0.6) is 0 Å². The molecule has 0 fully saturated rings. The van der Waals surface area contributed by atoms with Crippen LogP contribution >= 0.6 is 11.8 Å². The summed E-state index contributed by atoms with van der Waals surface area (Å²) in [5, 5.41) is 6.24. The Balaban J connectivity index is 2.50. The molecule has 0 bridgehead atoms. The van der Waals surface area contributed by atoms with Crippen molar-refractivity contribution in [1.82, 2.24) is 5.32 Å². The normalized spacial score (nSPS) is 10.3. The number of nitrogens with one attached hydrogen (secondary N) is 2. The van der Waals surface area contributed by atoms with Crippen molar-refractivity contribution < 1.29 is 4.79 Å². The fourth-order valence-corrected chi connectivity index (χ4v) is 2.44. The molecule has 0 aliphatic carbocycles. The van der Waals surface area contributed by atoms with Gasteiger partial charge in [-0.1, -0.05) is 6.92 Å². The van der Waals surface area contributed by atoms with E-state index in [-0.39, 0.29) is 5.91 Å². The van der Waals surface area contributed by atoms with Crippen molar-refractivity contribution >= 4 is 23.4 Å². The Morgan fingerprint density at radius 1 is 1.32 bits per heavy atom. The van der Waals surface area contributed by atoms with Crippen LogP contribution in [-0.4, -0.2) is 30.5 Å². The van der Waals surface area contributed by atoms with E-state index >= 15 is 0 Å². The zero-order valence-electron chi connectivity index (χ0n) is 12.1. The number of aryl methyl sites for hydroxylation is 1. The van der Waals surface area contributed by atoms with Crippen LogP contribution in [-0.2, 0) is 0 Å². The lowest BCUT2D eigenvalue weighted by atomic mass is 10.1. The van der Waals surface area contributed by atoms with Crippen LogP contribution in [0.4, 0.5) is 5.69 Å². The zero-order valence-corrected chi connectivity index (χ0v) is 12.9. The molecular formula is C15H24N2OS. The van der Waals surface area contributed by atoms with Crippen LogP contribution in [0, 0.1) is 6.92 Å². The van der Waals surface area contributed by atoms with Gasteiger partial charge in [0.1, 0.15) is 0 Å². The number of rotatable bonds is 8. The molecular weight excluding hydrogens is 256 g/mol. The largest absolute Gasteiger partial charge is 0.385 e. The Morgan fingerprint density at radius 2 is 2.11 bits per heavy atom. The summed E-state index contributed by atoms with van der Waals surface area (Å²) >= 11 is 1.97.